The van der Waals surface area contributed by atoms with Crippen molar-refractivity contribution in [1.29, 1.82) is 0 Å². The number of aromatic nitrogens is 2. The number of hydrogen-bond donors (Lipinski definition) is 1. The summed E-state index contributed by atoms with van der Waals surface area (Å²) in [7, 11) is 0. The minimum Gasteiger partial charge on any atom is -0.394 e. The van der Waals surface area contributed by atoms with Crippen LogP contribution in [0.4, 0.5) is 0 Å². The zero-order valence-corrected chi connectivity index (χ0v) is 15.1. The van der Waals surface area contributed by atoms with Crippen molar-refractivity contribution in [3.05, 3.63) is 69.0 Å². The first-order chi connectivity index (χ1) is 12.9. The quantitative estimate of drug-likeness (QED) is 0.836. The van der Waals surface area contributed by atoms with Gasteiger partial charge in [0.25, 0.3) is 5.56 Å². The van der Waals surface area contributed by atoms with E-state index in [4.69, 9.17) is 14.2 Å². The number of benzene rings is 1. The first kappa shape index (κ1) is 18.1. The van der Waals surface area contributed by atoms with Crippen LogP contribution < -0.4 is 11.2 Å². The predicted octanol–water partition coefficient (Wildman–Crippen LogP) is 0.468. The van der Waals surface area contributed by atoms with Gasteiger partial charge in [0.15, 0.2) is 12.0 Å². The molecule has 27 heavy (non-hydrogen) atoms. The van der Waals surface area contributed by atoms with Crippen molar-refractivity contribution < 1.29 is 19.3 Å². The summed E-state index contributed by atoms with van der Waals surface area (Å²) >= 11 is 0. The Balaban J connectivity index is 1.71. The highest BCUT2D eigenvalue weighted by Gasteiger charge is 2.55. The molecule has 0 spiro atoms. The van der Waals surface area contributed by atoms with E-state index in [-0.39, 0.29) is 13.2 Å². The Morgan fingerprint density at radius 3 is 2.48 bits per heavy atom. The van der Waals surface area contributed by atoms with Crippen molar-refractivity contribution in [3.63, 3.8) is 0 Å². The van der Waals surface area contributed by atoms with E-state index < -0.39 is 41.6 Å². The maximum atomic E-state index is 13.0. The zero-order chi connectivity index (χ0) is 19.2. The Morgan fingerprint density at radius 1 is 1.07 bits per heavy atom. The van der Waals surface area contributed by atoms with Gasteiger partial charge in [0, 0.05) is 12.3 Å². The molecule has 4 atom stereocenters. The lowest BCUT2D eigenvalue weighted by molar-refractivity contribution is -0.200. The van der Waals surface area contributed by atoms with Gasteiger partial charge in [0.2, 0.25) is 0 Å². The van der Waals surface area contributed by atoms with Gasteiger partial charge in [-0.1, -0.05) is 30.3 Å². The molecular weight excluding hydrogens is 352 g/mol. The lowest BCUT2D eigenvalue weighted by atomic mass is 10.1. The zero-order valence-electron chi connectivity index (χ0n) is 15.1. The van der Waals surface area contributed by atoms with Gasteiger partial charge < -0.3 is 19.3 Å². The summed E-state index contributed by atoms with van der Waals surface area (Å²) in [5.74, 6) is -0.840. The van der Waals surface area contributed by atoms with E-state index in [9.17, 15) is 14.7 Å². The molecule has 1 N–H and O–H groups in total. The first-order valence-electron chi connectivity index (χ1n) is 8.87. The number of hydrogen-bond acceptors (Lipinski definition) is 6. The molecule has 2 saturated heterocycles. The smallest absolute Gasteiger partial charge is 0.333 e. The molecule has 0 aliphatic carbocycles. The van der Waals surface area contributed by atoms with Crippen LogP contribution in [0.2, 0.25) is 0 Å². The van der Waals surface area contributed by atoms with Crippen molar-refractivity contribution in [2.75, 3.05) is 6.61 Å². The molecule has 0 amide bonds. The van der Waals surface area contributed by atoms with Crippen molar-refractivity contribution in [1.82, 2.24) is 9.13 Å². The molecule has 2 aromatic rings. The molecule has 2 aliphatic rings. The number of fused-ring (bicyclic) bond motifs is 1. The summed E-state index contributed by atoms with van der Waals surface area (Å²) in [6.45, 7) is 3.45. The standard InChI is InChI=1S/C19H22N2O6/c1-19(2)26-15-13(11-22)25-17(16(15)27-19)20-9-8-14(23)21(18(20)24)10-12-6-4-3-5-7-12/h3-9,13,15-17,22H,10-11H2,1-2H3/t13-,15-,16-,17-/m1/s1. The molecule has 2 fully saturated rings. The van der Waals surface area contributed by atoms with Crippen LogP contribution in [0, 0.1) is 0 Å². The number of nitrogens with zero attached hydrogens (tertiary/aromatic N) is 2. The molecule has 8 nitrogen and oxygen atoms in total. The summed E-state index contributed by atoms with van der Waals surface area (Å²) < 4.78 is 20.1. The van der Waals surface area contributed by atoms with Crippen molar-refractivity contribution >= 4 is 0 Å². The van der Waals surface area contributed by atoms with Gasteiger partial charge in [-0.25, -0.2) is 4.79 Å². The fourth-order valence-electron chi connectivity index (χ4n) is 3.67. The Bertz CT molecular complexity index is 935. The molecule has 144 valence electrons. The molecule has 1 aromatic carbocycles. The highest BCUT2D eigenvalue weighted by Crippen LogP contribution is 2.42. The van der Waals surface area contributed by atoms with E-state index in [0.717, 1.165) is 10.1 Å². The second-order valence-corrected chi connectivity index (χ2v) is 7.23. The highest BCUT2D eigenvalue weighted by atomic mass is 16.8. The highest BCUT2D eigenvalue weighted by molar-refractivity contribution is 5.15. The summed E-state index contributed by atoms with van der Waals surface area (Å²) in [4.78, 5) is 25.3. The Morgan fingerprint density at radius 2 is 1.78 bits per heavy atom. The third-order valence-corrected chi connectivity index (χ3v) is 4.86. The van der Waals surface area contributed by atoms with E-state index in [1.54, 1.807) is 13.8 Å². The van der Waals surface area contributed by atoms with Gasteiger partial charge in [0.05, 0.1) is 13.2 Å². The topological polar surface area (TPSA) is 91.9 Å². The summed E-state index contributed by atoms with van der Waals surface area (Å²) in [6, 6.07) is 10.6. The number of ether oxygens (including phenoxy) is 3. The maximum Gasteiger partial charge on any atom is 0.333 e. The number of aliphatic hydroxyl groups is 1. The van der Waals surface area contributed by atoms with Crippen molar-refractivity contribution in [2.45, 2.75) is 50.7 Å². The van der Waals surface area contributed by atoms with Crippen molar-refractivity contribution in [2.24, 2.45) is 0 Å². The lowest BCUT2D eigenvalue weighted by Crippen LogP contribution is -2.43. The third kappa shape index (κ3) is 3.25. The molecule has 4 rings (SSSR count). The van der Waals surface area contributed by atoms with E-state index in [1.807, 2.05) is 30.3 Å². The predicted molar refractivity (Wildman–Crippen MR) is 95.3 cm³/mol. The van der Waals surface area contributed by atoms with Crippen LogP contribution >= 0.6 is 0 Å². The fraction of sp³-hybridized carbons (Fsp3) is 0.474. The van der Waals surface area contributed by atoms with Crippen LogP contribution in [0.25, 0.3) is 0 Å². The van der Waals surface area contributed by atoms with Crippen LogP contribution in [0.1, 0.15) is 25.6 Å². The van der Waals surface area contributed by atoms with E-state index >= 15 is 0 Å². The van der Waals surface area contributed by atoms with Gasteiger partial charge >= 0.3 is 5.69 Å². The minimum absolute atomic E-state index is 0.159. The van der Waals surface area contributed by atoms with Gasteiger partial charge in [-0.2, -0.15) is 0 Å². The largest absolute Gasteiger partial charge is 0.394 e. The average molecular weight is 374 g/mol. The van der Waals surface area contributed by atoms with Crippen LogP contribution in [-0.4, -0.2) is 44.9 Å². The maximum absolute atomic E-state index is 13.0. The van der Waals surface area contributed by atoms with Crippen LogP contribution in [-0.2, 0) is 20.8 Å². The van der Waals surface area contributed by atoms with E-state index in [0.29, 0.717) is 0 Å². The summed E-state index contributed by atoms with van der Waals surface area (Å²) in [5, 5.41) is 9.61. The molecule has 0 saturated carbocycles. The van der Waals surface area contributed by atoms with Crippen LogP contribution in [0.15, 0.2) is 52.2 Å². The van der Waals surface area contributed by atoms with Gasteiger partial charge in [-0.15, -0.1) is 0 Å². The molecule has 3 heterocycles. The molecular formula is C19H22N2O6. The Kier molecular flexibility index (Phi) is 4.51. The lowest BCUT2D eigenvalue weighted by Gasteiger charge is -2.24. The van der Waals surface area contributed by atoms with Gasteiger partial charge in [-0.05, 0) is 19.4 Å². The Hall–Kier alpha value is -2.26. The van der Waals surface area contributed by atoms with Crippen LogP contribution in [0.3, 0.4) is 0 Å². The Labute approximate surface area is 155 Å². The fourth-order valence-corrected chi connectivity index (χ4v) is 3.67. The second-order valence-electron chi connectivity index (χ2n) is 7.23. The minimum atomic E-state index is -0.840. The monoisotopic (exact) mass is 374 g/mol. The number of aliphatic hydroxyl groups excluding tert-OH is 1. The van der Waals surface area contributed by atoms with Gasteiger partial charge in [0.1, 0.15) is 18.3 Å². The molecule has 1 aromatic heterocycles. The summed E-state index contributed by atoms with van der Waals surface area (Å²) in [6.07, 6.45) is -1.04. The average Bonchev–Trinajstić information content (AvgIpc) is 3.12. The molecule has 2 aliphatic heterocycles. The molecule has 0 unspecified atom stereocenters. The van der Waals surface area contributed by atoms with Crippen LogP contribution in [0.5, 0.6) is 0 Å². The second kappa shape index (κ2) is 6.72. The van der Waals surface area contributed by atoms with E-state index in [1.165, 1.54) is 16.8 Å². The molecule has 0 radical (unpaired) electrons. The SMILES string of the molecule is CC1(C)O[C@@H]2[C@H](O1)[C@@H](CO)O[C@H]2n1ccc(=O)n(Cc2ccccc2)c1=O. The molecule has 8 heteroatoms. The normalized spacial score (nSPS) is 29.0. The first-order valence-corrected chi connectivity index (χ1v) is 8.87. The van der Waals surface area contributed by atoms with Gasteiger partial charge in [-0.3, -0.25) is 13.9 Å². The third-order valence-electron chi connectivity index (χ3n) is 4.86. The van der Waals surface area contributed by atoms with E-state index in [2.05, 4.69) is 0 Å². The van der Waals surface area contributed by atoms with Crippen molar-refractivity contribution in [3.8, 4) is 0 Å². The summed E-state index contributed by atoms with van der Waals surface area (Å²) in [5.41, 5.74) is -0.0474. The molecule has 0 bridgehead atoms. The number of rotatable bonds is 4.